The summed E-state index contributed by atoms with van der Waals surface area (Å²) in [4.78, 5) is 29.0. The van der Waals surface area contributed by atoms with Crippen LogP contribution in [0.3, 0.4) is 0 Å². The Kier molecular flexibility index (Phi) is 11.8. The minimum absolute atomic E-state index is 0.104. The van der Waals surface area contributed by atoms with Gasteiger partial charge >= 0.3 is 0 Å². The summed E-state index contributed by atoms with van der Waals surface area (Å²) in [5.41, 5.74) is 2.18. The Morgan fingerprint density at radius 3 is 2.15 bits per heavy atom. The number of aryl methyl sites for hydroxylation is 1. The third kappa shape index (κ3) is 8.99. The van der Waals surface area contributed by atoms with Gasteiger partial charge in [-0.05, 0) is 53.8 Å². The molecule has 0 saturated heterocycles. The molecule has 0 heterocycles. The van der Waals surface area contributed by atoms with Crippen molar-refractivity contribution >= 4 is 21.8 Å². The minimum Gasteiger partial charge on any atom is -0.354 e. The fourth-order valence-electron chi connectivity index (χ4n) is 4.40. The van der Waals surface area contributed by atoms with Gasteiger partial charge in [-0.25, -0.2) is 17.5 Å². The first-order valence-corrected chi connectivity index (χ1v) is 15.2. The van der Waals surface area contributed by atoms with Crippen molar-refractivity contribution < 1.29 is 22.4 Å². The molecule has 0 aromatic heterocycles. The molecule has 0 aliphatic rings. The average molecular weight is 568 g/mol. The van der Waals surface area contributed by atoms with Crippen LogP contribution in [0.4, 0.5) is 4.39 Å². The normalized spacial score (nSPS) is 12.1. The Bertz CT molecular complexity index is 1330. The Labute approximate surface area is 236 Å². The lowest BCUT2D eigenvalue weighted by Crippen LogP contribution is -2.43. The van der Waals surface area contributed by atoms with Crippen molar-refractivity contribution in [3.05, 3.63) is 101 Å². The van der Waals surface area contributed by atoms with E-state index in [2.05, 4.69) is 17.0 Å². The second-order valence-corrected chi connectivity index (χ2v) is 11.4. The molecule has 0 radical (unpaired) electrons. The van der Waals surface area contributed by atoms with Gasteiger partial charge in [-0.1, -0.05) is 81.3 Å². The predicted molar refractivity (Wildman–Crippen MR) is 154 cm³/mol. The third-order valence-electron chi connectivity index (χ3n) is 6.54. The Hall–Kier alpha value is -3.56. The van der Waals surface area contributed by atoms with Crippen LogP contribution in [-0.4, -0.2) is 38.2 Å². The number of benzene rings is 3. The number of nitrogens with one attached hydrogen (secondary N) is 2. The summed E-state index contributed by atoms with van der Waals surface area (Å²) in [5, 5.41) is 3.00. The summed E-state index contributed by atoms with van der Waals surface area (Å²) in [6, 6.07) is 20.6. The zero-order valence-corrected chi connectivity index (χ0v) is 23.9. The van der Waals surface area contributed by atoms with E-state index in [1.54, 1.807) is 36.1 Å². The Morgan fingerprint density at radius 1 is 0.875 bits per heavy atom. The highest BCUT2D eigenvalue weighted by Crippen LogP contribution is 2.25. The predicted octanol–water partition coefficient (Wildman–Crippen LogP) is 5.13. The van der Waals surface area contributed by atoms with Crippen LogP contribution in [0.15, 0.2) is 83.8 Å². The van der Waals surface area contributed by atoms with E-state index in [-0.39, 0.29) is 42.0 Å². The molecular formula is C31H38FN3O4S. The highest BCUT2D eigenvalue weighted by molar-refractivity contribution is 7.89. The molecule has 3 aromatic carbocycles. The summed E-state index contributed by atoms with van der Waals surface area (Å²) < 4.78 is 40.6. The van der Waals surface area contributed by atoms with Gasteiger partial charge < -0.3 is 10.2 Å². The molecule has 214 valence electrons. The van der Waals surface area contributed by atoms with Crippen molar-refractivity contribution in [3.63, 3.8) is 0 Å². The summed E-state index contributed by atoms with van der Waals surface area (Å²) in [6.07, 6.45) is 3.32. The lowest BCUT2D eigenvalue weighted by Gasteiger charge is -2.32. The minimum atomic E-state index is -3.57. The molecule has 3 rings (SSSR count). The van der Waals surface area contributed by atoms with Crippen molar-refractivity contribution in [2.75, 3.05) is 13.1 Å². The number of hydrogen-bond donors (Lipinski definition) is 2. The molecule has 2 N–H and O–H groups in total. The molecule has 0 aliphatic carbocycles. The maximum atomic E-state index is 13.8. The molecule has 0 spiro atoms. The fraction of sp³-hybridized carbons (Fsp3) is 0.355. The van der Waals surface area contributed by atoms with Crippen LogP contribution in [0.2, 0.25) is 0 Å². The molecule has 9 heteroatoms. The first-order valence-electron chi connectivity index (χ1n) is 13.7. The average Bonchev–Trinajstić information content (AvgIpc) is 2.95. The monoisotopic (exact) mass is 567 g/mol. The second-order valence-electron chi connectivity index (χ2n) is 9.60. The number of carbonyl (C=O) groups excluding carboxylic acids is 2. The highest BCUT2D eigenvalue weighted by atomic mass is 32.2. The van der Waals surface area contributed by atoms with Gasteiger partial charge in [0.1, 0.15) is 11.9 Å². The number of sulfonamides is 1. The van der Waals surface area contributed by atoms with Crippen molar-refractivity contribution in [1.29, 1.82) is 0 Å². The molecule has 0 fully saturated rings. The van der Waals surface area contributed by atoms with Gasteiger partial charge in [0.15, 0.2) is 0 Å². The standard InChI is InChI=1S/C31H38FN3O4S/c1-3-5-9-22-33-31(37)30(26-10-7-6-8-11-26)35(23-25-12-17-27(32)18-13-25)29(36)21-16-24-14-19-28(20-15-24)40(38,39)34-4-2/h6-8,10-15,17-20,30,34H,3-5,9,16,21-23H2,1-2H3,(H,33,37). The third-order valence-corrected chi connectivity index (χ3v) is 8.10. The molecule has 1 unspecified atom stereocenters. The van der Waals surface area contributed by atoms with Crippen molar-refractivity contribution in [3.8, 4) is 0 Å². The molecular weight excluding hydrogens is 529 g/mol. The van der Waals surface area contributed by atoms with Crippen LogP contribution < -0.4 is 10.0 Å². The SMILES string of the molecule is CCCCCNC(=O)C(c1ccccc1)N(Cc1ccc(F)cc1)C(=O)CCc1ccc(S(=O)(=O)NCC)cc1. The van der Waals surface area contributed by atoms with Crippen LogP contribution in [0, 0.1) is 5.82 Å². The van der Waals surface area contributed by atoms with E-state index >= 15 is 0 Å². The van der Waals surface area contributed by atoms with Crippen molar-refractivity contribution in [1.82, 2.24) is 14.9 Å². The van der Waals surface area contributed by atoms with Gasteiger partial charge in [0.2, 0.25) is 21.8 Å². The van der Waals surface area contributed by atoms with E-state index in [0.29, 0.717) is 24.1 Å². The quantitative estimate of drug-likeness (QED) is 0.249. The van der Waals surface area contributed by atoms with Gasteiger partial charge in [0.05, 0.1) is 4.90 Å². The van der Waals surface area contributed by atoms with Gasteiger partial charge in [0.25, 0.3) is 0 Å². The number of unbranched alkanes of at least 4 members (excludes halogenated alkanes) is 2. The van der Waals surface area contributed by atoms with Gasteiger partial charge in [-0.2, -0.15) is 0 Å². The van der Waals surface area contributed by atoms with Crippen molar-refractivity contribution in [2.45, 2.75) is 63.4 Å². The lowest BCUT2D eigenvalue weighted by molar-refractivity contribution is -0.141. The van der Waals surface area contributed by atoms with E-state index in [1.165, 1.54) is 24.3 Å². The van der Waals surface area contributed by atoms with E-state index in [1.807, 2.05) is 30.3 Å². The molecule has 3 aromatic rings. The number of nitrogens with zero attached hydrogens (tertiary/aromatic N) is 1. The summed E-state index contributed by atoms with van der Waals surface area (Å²) in [5.74, 6) is -0.892. The van der Waals surface area contributed by atoms with Crippen LogP contribution in [0.1, 0.15) is 62.3 Å². The highest BCUT2D eigenvalue weighted by Gasteiger charge is 2.31. The Balaban J connectivity index is 1.86. The molecule has 1 atom stereocenters. The first kappa shape index (κ1) is 31.0. The van der Waals surface area contributed by atoms with Crippen LogP contribution in [0.5, 0.6) is 0 Å². The van der Waals surface area contributed by atoms with E-state index in [0.717, 1.165) is 24.8 Å². The van der Waals surface area contributed by atoms with E-state index in [9.17, 15) is 22.4 Å². The number of halogens is 1. The van der Waals surface area contributed by atoms with Crippen LogP contribution in [0.25, 0.3) is 0 Å². The summed E-state index contributed by atoms with van der Waals surface area (Å²) in [6.45, 7) is 4.73. The van der Waals surface area contributed by atoms with Gasteiger partial charge in [-0.15, -0.1) is 0 Å². The summed E-state index contributed by atoms with van der Waals surface area (Å²) >= 11 is 0. The first-order chi connectivity index (χ1) is 19.2. The maximum Gasteiger partial charge on any atom is 0.247 e. The zero-order chi connectivity index (χ0) is 29.0. The molecule has 0 saturated carbocycles. The number of carbonyl (C=O) groups is 2. The van der Waals surface area contributed by atoms with Crippen LogP contribution in [-0.2, 0) is 32.6 Å². The number of amides is 2. The maximum absolute atomic E-state index is 13.8. The number of hydrogen-bond acceptors (Lipinski definition) is 4. The Morgan fingerprint density at radius 2 is 1.52 bits per heavy atom. The van der Waals surface area contributed by atoms with E-state index in [4.69, 9.17) is 0 Å². The van der Waals surface area contributed by atoms with E-state index < -0.39 is 16.1 Å². The van der Waals surface area contributed by atoms with Gasteiger partial charge in [0, 0.05) is 26.1 Å². The topological polar surface area (TPSA) is 95.6 Å². The largest absolute Gasteiger partial charge is 0.354 e. The summed E-state index contributed by atoms with van der Waals surface area (Å²) in [7, 11) is -3.57. The smallest absolute Gasteiger partial charge is 0.247 e. The molecule has 0 bridgehead atoms. The molecule has 40 heavy (non-hydrogen) atoms. The van der Waals surface area contributed by atoms with Crippen molar-refractivity contribution in [2.24, 2.45) is 0 Å². The molecule has 2 amide bonds. The van der Waals surface area contributed by atoms with Crippen LogP contribution >= 0.6 is 0 Å². The second kappa shape index (κ2) is 15.3. The molecule has 7 nitrogen and oxygen atoms in total. The zero-order valence-electron chi connectivity index (χ0n) is 23.1. The lowest BCUT2D eigenvalue weighted by atomic mass is 10.0. The fourth-order valence-corrected chi connectivity index (χ4v) is 5.45. The van der Waals surface area contributed by atoms with Gasteiger partial charge in [-0.3, -0.25) is 9.59 Å². The number of rotatable bonds is 15. The molecule has 0 aliphatic heterocycles.